The Morgan fingerprint density at radius 1 is 1.32 bits per heavy atom. The number of carbonyl (C=O) groups is 1. The molecule has 0 N–H and O–H groups in total. The van der Waals surface area contributed by atoms with Crippen LogP contribution in [0.15, 0.2) is 24.3 Å². The molecule has 0 bridgehead atoms. The van der Waals surface area contributed by atoms with E-state index in [0.29, 0.717) is 4.90 Å². The second kappa shape index (κ2) is 6.48. The van der Waals surface area contributed by atoms with Crippen LogP contribution in [-0.4, -0.2) is 41.1 Å². The van der Waals surface area contributed by atoms with Gasteiger partial charge in [0.1, 0.15) is 11.4 Å². The average molecular weight is 363 g/mol. The van der Waals surface area contributed by atoms with E-state index in [4.69, 9.17) is 9.47 Å². The minimum Gasteiger partial charge on any atom is -0.444 e. The number of hydrogen-bond acceptors (Lipinski definition) is 3. The zero-order valence-electron chi connectivity index (χ0n) is 14.5. The highest BCUT2D eigenvalue weighted by molar-refractivity contribution is 5.70. The number of nitrogens with zero attached hydrogens (tertiary/aromatic N) is 1. The molecule has 0 radical (unpaired) electrons. The SMILES string of the molecule is CC(C)(C)OC(=O)N1[C@H](C(F)(F)F)OC[C@]1(C)Cc1ccccc1F. The lowest BCUT2D eigenvalue weighted by Crippen LogP contribution is -2.56. The van der Waals surface area contributed by atoms with Gasteiger partial charge in [-0.3, -0.25) is 4.90 Å². The fraction of sp³-hybridized carbons (Fsp3) is 0.588. The van der Waals surface area contributed by atoms with Crippen LogP contribution in [0.2, 0.25) is 0 Å². The first-order valence-electron chi connectivity index (χ1n) is 7.77. The number of halogens is 4. The standard InChI is InChI=1S/C17H21F4NO3/c1-15(2,3)25-14(23)22-13(17(19,20)21)24-10-16(22,4)9-11-7-5-6-8-12(11)18/h5-8,13H,9-10H2,1-4H3/t13-,16-/m0/s1. The molecular formula is C17H21F4NO3. The van der Waals surface area contributed by atoms with Crippen LogP contribution < -0.4 is 0 Å². The Labute approximate surface area is 143 Å². The van der Waals surface area contributed by atoms with Crippen LogP contribution in [0.25, 0.3) is 0 Å². The monoisotopic (exact) mass is 363 g/mol. The molecule has 2 atom stereocenters. The molecule has 1 aliphatic heterocycles. The fourth-order valence-electron chi connectivity index (χ4n) is 2.74. The molecule has 1 fully saturated rings. The molecule has 2 rings (SSSR count). The van der Waals surface area contributed by atoms with Crippen molar-refractivity contribution in [3.05, 3.63) is 35.6 Å². The van der Waals surface area contributed by atoms with E-state index in [1.165, 1.54) is 25.1 Å². The van der Waals surface area contributed by atoms with Gasteiger partial charge < -0.3 is 9.47 Å². The van der Waals surface area contributed by atoms with E-state index in [2.05, 4.69) is 0 Å². The van der Waals surface area contributed by atoms with Gasteiger partial charge in [-0.05, 0) is 39.3 Å². The van der Waals surface area contributed by atoms with Gasteiger partial charge in [-0.1, -0.05) is 18.2 Å². The zero-order chi connectivity index (χ0) is 19.0. The Morgan fingerprint density at radius 3 is 2.44 bits per heavy atom. The van der Waals surface area contributed by atoms with Gasteiger partial charge in [0.05, 0.1) is 12.1 Å². The molecular weight excluding hydrogens is 342 g/mol. The van der Waals surface area contributed by atoms with Crippen molar-refractivity contribution < 1.29 is 31.8 Å². The van der Waals surface area contributed by atoms with Crippen LogP contribution in [0.5, 0.6) is 0 Å². The topological polar surface area (TPSA) is 38.8 Å². The molecule has 0 aliphatic carbocycles. The van der Waals surface area contributed by atoms with Crippen LogP contribution >= 0.6 is 0 Å². The summed E-state index contributed by atoms with van der Waals surface area (Å²) >= 11 is 0. The van der Waals surface area contributed by atoms with E-state index in [0.717, 1.165) is 0 Å². The normalized spacial score (nSPS) is 24.5. The summed E-state index contributed by atoms with van der Waals surface area (Å²) in [6.07, 6.45) is -8.50. The quantitative estimate of drug-likeness (QED) is 0.736. The minimum atomic E-state index is -4.79. The van der Waals surface area contributed by atoms with E-state index >= 15 is 0 Å². The number of alkyl halides is 3. The zero-order valence-corrected chi connectivity index (χ0v) is 14.5. The summed E-state index contributed by atoms with van der Waals surface area (Å²) in [5.41, 5.74) is -2.18. The Bertz CT molecular complexity index is 642. The molecule has 1 amide bonds. The summed E-state index contributed by atoms with van der Waals surface area (Å²) < 4.78 is 63.9. The molecule has 8 heteroatoms. The third-order valence-electron chi connectivity index (χ3n) is 3.77. The third kappa shape index (κ3) is 4.42. The van der Waals surface area contributed by atoms with E-state index in [9.17, 15) is 22.4 Å². The van der Waals surface area contributed by atoms with Crippen molar-refractivity contribution in [3.8, 4) is 0 Å². The number of ether oxygens (including phenoxy) is 2. The van der Waals surface area contributed by atoms with Crippen molar-refractivity contribution in [2.24, 2.45) is 0 Å². The lowest BCUT2D eigenvalue weighted by molar-refractivity contribution is -0.238. The smallest absolute Gasteiger partial charge is 0.433 e. The van der Waals surface area contributed by atoms with Gasteiger partial charge in [-0.25, -0.2) is 9.18 Å². The van der Waals surface area contributed by atoms with E-state index < -0.39 is 35.5 Å². The Balaban J connectivity index is 2.37. The van der Waals surface area contributed by atoms with Crippen molar-refractivity contribution in [3.63, 3.8) is 0 Å². The van der Waals surface area contributed by atoms with Crippen molar-refractivity contribution in [1.29, 1.82) is 0 Å². The third-order valence-corrected chi connectivity index (χ3v) is 3.77. The first-order chi connectivity index (χ1) is 11.3. The van der Waals surface area contributed by atoms with Crippen LogP contribution in [0.3, 0.4) is 0 Å². The van der Waals surface area contributed by atoms with Gasteiger partial charge in [-0.2, -0.15) is 13.2 Å². The minimum absolute atomic E-state index is 0.133. The van der Waals surface area contributed by atoms with Gasteiger partial charge in [0.25, 0.3) is 0 Å². The summed E-state index contributed by atoms with van der Waals surface area (Å²) in [4.78, 5) is 13.0. The largest absolute Gasteiger partial charge is 0.444 e. The molecule has 0 saturated carbocycles. The lowest BCUT2D eigenvalue weighted by atomic mass is 9.92. The maximum absolute atomic E-state index is 13.9. The van der Waals surface area contributed by atoms with Crippen molar-refractivity contribution in [2.75, 3.05) is 6.61 Å². The van der Waals surface area contributed by atoms with Gasteiger partial charge in [0.2, 0.25) is 6.23 Å². The first-order valence-corrected chi connectivity index (χ1v) is 7.77. The predicted octanol–water partition coefficient (Wildman–Crippen LogP) is 4.28. The molecule has 140 valence electrons. The van der Waals surface area contributed by atoms with Crippen LogP contribution in [0, 0.1) is 5.82 Å². The summed E-state index contributed by atoms with van der Waals surface area (Å²) in [7, 11) is 0. The molecule has 1 heterocycles. The summed E-state index contributed by atoms with van der Waals surface area (Å²) in [6, 6.07) is 5.75. The maximum Gasteiger partial charge on any atom is 0.433 e. The highest BCUT2D eigenvalue weighted by Gasteiger charge is 2.58. The Hall–Kier alpha value is -1.83. The highest BCUT2D eigenvalue weighted by Crippen LogP contribution is 2.39. The number of benzene rings is 1. The Morgan fingerprint density at radius 2 is 1.92 bits per heavy atom. The predicted molar refractivity (Wildman–Crippen MR) is 82.4 cm³/mol. The molecule has 1 saturated heterocycles. The van der Waals surface area contributed by atoms with Gasteiger partial charge in [0, 0.05) is 6.42 Å². The summed E-state index contributed by atoms with van der Waals surface area (Å²) in [6.45, 7) is 5.70. The fourth-order valence-corrected chi connectivity index (χ4v) is 2.74. The average Bonchev–Trinajstić information content (AvgIpc) is 2.77. The number of amides is 1. The van der Waals surface area contributed by atoms with Crippen molar-refractivity contribution in [1.82, 2.24) is 4.90 Å². The highest BCUT2D eigenvalue weighted by atomic mass is 19.4. The van der Waals surface area contributed by atoms with Crippen LogP contribution in [0.4, 0.5) is 22.4 Å². The molecule has 0 aromatic heterocycles. The van der Waals surface area contributed by atoms with E-state index in [1.807, 2.05) is 0 Å². The van der Waals surface area contributed by atoms with Gasteiger partial charge in [-0.15, -0.1) is 0 Å². The molecule has 1 aromatic carbocycles. The van der Waals surface area contributed by atoms with Crippen LogP contribution in [0.1, 0.15) is 33.3 Å². The lowest BCUT2D eigenvalue weighted by Gasteiger charge is -2.37. The molecule has 25 heavy (non-hydrogen) atoms. The van der Waals surface area contributed by atoms with Gasteiger partial charge >= 0.3 is 12.3 Å². The number of hydrogen-bond donors (Lipinski definition) is 0. The summed E-state index contributed by atoms with van der Waals surface area (Å²) in [5.74, 6) is -0.552. The van der Waals surface area contributed by atoms with Crippen LogP contribution in [-0.2, 0) is 15.9 Å². The number of carbonyl (C=O) groups excluding carboxylic acids is 1. The maximum atomic E-state index is 13.9. The first kappa shape index (κ1) is 19.5. The second-order valence-corrected chi connectivity index (χ2v) is 7.32. The summed E-state index contributed by atoms with van der Waals surface area (Å²) in [5, 5.41) is 0. The molecule has 0 unspecified atom stereocenters. The van der Waals surface area contributed by atoms with E-state index in [1.54, 1.807) is 26.8 Å². The molecule has 1 aromatic rings. The van der Waals surface area contributed by atoms with Crippen molar-refractivity contribution in [2.45, 2.75) is 57.7 Å². The Kier molecular flexibility index (Phi) is 5.05. The molecule has 1 aliphatic rings. The second-order valence-electron chi connectivity index (χ2n) is 7.32. The molecule has 4 nitrogen and oxygen atoms in total. The van der Waals surface area contributed by atoms with E-state index in [-0.39, 0.29) is 18.6 Å². The van der Waals surface area contributed by atoms with Crippen molar-refractivity contribution >= 4 is 6.09 Å². The van der Waals surface area contributed by atoms with Gasteiger partial charge in [0.15, 0.2) is 0 Å². The molecule has 0 spiro atoms. The number of rotatable bonds is 2.